The van der Waals surface area contributed by atoms with Crippen LogP contribution in [0.1, 0.15) is 15.9 Å². The molecule has 1 aromatic rings. The summed E-state index contributed by atoms with van der Waals surface area (Å²) in [6.45, 7) is 2.04. The SMILES string of the molecule is CNCC(=O)c1cc(C)c(OC)c(O)c1. The Morgan fingerprint density at radius 1 is 1.53 bits per heavy atom. The highest BCUT2D eigenvalue weighted by atomic mass is 16.5. The lowest BCUT2D eigenvalue weighted by Crippen LogP contribution is -2.18. The van der Waals surface area contributed by atoms with Gasteiger partial charge in [-0.05, 0) is 31.7 Å². The van der Waals surface area contributed by atoms with Gasteiger partial charge in [0, 0.05) is 5.56 Å². The second-order valence-corrected chi connectivity index (χ2v) is 3.30. The molecule has 0 unspecified atom stereocenters. The maximum atomic E-state index is 11.5. The number of hydrogen-bond donors (Lipinski definition) is 2. The fraction of sp³-hybridized carbons (Fsp3) is 0.364. The third kappa shape index (κ3) is 2.47. The van der Waals surface area contributed by atoms with Gasteiger partial charge in [0.1, 0.15) is 0 Å². The molecule has 4 heteroatoms. The van der Waals surface area contributed by atoms with Crippen LogP contribution in [0.15, 0.2) is 12.1 Å². The van der Waals surface area contributed by atoms with Crippen molar-refractivity contribution in [3.8, 4) is 11.5 Å². The van der Waals surface area contributed by atoms with Crippen LogP contribution in [-0.4, -0.2) is 31.6 Å². The van der Waals surface area contributed by atoms with Gasteiger partial charge >= 0.3 is 0 Å². The highest BCUT2D eigenvalue weighted by Gasteiger charge is 2.11. The first kappa shape index (κ1) is 11.5. The molecule has 0 radical (unpaired) electrons. The molecule has 1 aromatic carbocycles. The Balaban J connectivity index is 3.08. The van der Waals surface area contributed by atoms with Crippen molar-refractivity contribution in [1.29, 1.82) is 0 Å². The number of hydrogen-bond acceptors (Lipinski definition) is 4. The number of phenolic OH excluding ortho intramolecular Hbond substituents is 1. The number of carbonyl (C=O) groups excluding carboxylic acids is 1. The van der Waals surface area contributed by atoms with Gasteiger partial charge in [0.05, 0.1) is 13.7 Å². The summed E-state index contributed by atoms with van der Waals surface area (Å²) < 4.78 is 4.99. The van der Waals surface area contributed by atoms with Crippen LogP contribution in [0.5, 0.6) is 11.5 Å². The number of benzene rings is 1. The molecule has 0 heterocycles. The number of phenols is 1. The molecule has 0 bridgehead atoms. The molecule has 0 saturated heterocycles. The fourth-order valence-electron chi connectivity index (χ4n) is 1.44. The maximum Gasteiger partial charge on any atom is 0.176 e. The Kier molecular flexibility index (Phi) is 3.68. The Morgan fingerprint density at radius 3 is 2.67 bits per heavy atom. The highest BCUT2D eigenvalue weighted by Crippen LogP contribution is 2.30. The summed E-state index contributed by atoms with van der Waals surface area (Å²) >= 11 is 0. The van der Waals surface area contributed by atoms with Crippen LogP contribution >= 0.6 is 0 Å². The first-order chi connectivity index (χ1) is 7.10. The maximum absolute atomic E-state index is 11.5. The third-order valence-corrected chi connectivity index (χ3v) is 2.12. The quantitative estimate of drug-likeness (QED) is 0.729. The molecule has 0 aromatic heterocycles. The molecule has 0 spiro atoms. The number of ether oxygens (including phenoxy) is 1. The minimum atomic E-state index is -0.0569. The van der Waals surface area contributed by atoms with Crippen LogP contribution in [0.25, 0.3) is 0 Å². The summed E-state index contributed by atoms with van der Waals surface area (Å²) in [5.41, 5.74) is 1.23. The molecule has 15 heavy (non-hydrogen) atoms. The van der Waals surface area contributed by atoms with Gasteiger partial charge in [-0.1, -0.05) is 0 Å². The van der Waals surface area contributed by atoms with E-state index in [9.17, 15) is 9.90 Å². The van der Waals surface area contributed by atoms with E-state index in [0.717, 1.165) is 5.56 Å². The predicted octanol–water partition coefficient (Wildman–Crippen LogP) is 1.11. The van der Waals surface area contributed by atoms with Crippen molar-refractivity contribution < 1.29 is 14.6 Å². The Bertz CT molecular complexity index is 351. The fourth-order valence-corrected chi connectivity index (χ4v) is 1.44. The molecule has 0 saturated carbocycles. The van der Waals surface area contributed by atoms with E-state index < -0.39 is 0 Å². The number of methoxy groups -OCH3 is 1. The van der Waals surface area contributed by atoms with Gasteiger partial charge in [-0.25, -0.2) is 0 Å². The number of carbonyl (C=O) groups is 1. The standard InChI is InChI=1S/C11H15NO3/c1-7-4-8(10(14)6-12-2)5-9(13)11(7)15-3/h4-5,12-13H,6H2,1-3H3. The smallest absolute Gasteiger partial charge is 0.176 e. The first-order valence-corrected chi connectivity index (χ1v) is 4.65. The zero-order valence-corrected chi connectivity index (χ0v) is 9.13. The number of Topliss-reactive ketones (excluding diaryl/α,β-unsaturated/α-hetero) is 1. The number of aromatic hydroxyl groups is 1. The van der Waals surface area contributed by atoms with E-state index in [1.165, 1.54) is 13.2 Å². The molecule has 0 aliphatic heterocycles. The summed E-state index contributed by atoms with van der Waals surface area (Å²) in [6.07, 6.45) is 0. The van der Waals surface area contributed by atoms with Crippen LogP contribution in [0, 0.1) is 6.92 Å². The Labute approximate surface area is 88.9 Å². The number of aryl methyl sites for hydroxylation is 1. The molecule has 0 atom stereocenters. The van der Waals surface area contributed by atoms with Crippen LogP contribution in [0.3, 0.4) is 0 Å². The lowest BCUT2D eigenvalue weighted by atomic mass is 10.1. The number of nitrogens with one attached hydrogen (secondary N) is 1. The molecule has 0 aliphatic carbocycles. The molecule has 0 amide bonds. The Hall–Kier alpha value is -1.55. The van der Waals surface area contributed by atoms with Crippen LogP contribution < -0.4 is 10.1 Å². The summed E-state index contributed by atoms with van der Waals surface area (Å²) in [6, 6.07) is 3.13. The zero-order chi connectivity index (χ0) is 11.4. The first-order valence-electron chi connectivity index (χ1n) is 4.65. The summed E-state index contributed by atoms with van der Waals surface area (Å²) in [5, 5.41) is 12.4. The topological polar surface area (TPSA) is 58.6 Å². The van der Waals surface area contributed by atoms with Gasteiger partial charge in [0.2, 0.25) is 0 Å². The number of rotatable bonds is 4. The number of likely N-dealkylation sites (N-methyl/N-ethyl adjacent to an activating group) is 1. The minimum Gasteiger partial charge on any atom is -0.504 e. The summed E-state index contributed by atoms with van der Waals surface area (Å²) in [7, 11) is 3.19. The van der Waals surface area contributed by atoms with E-state index in [-0.39, 0.29) is 18.1 Å². The van der Waals surface area contributed by atoms with Crippen molar-refractivity contribution in [3.63, 3.8) is 0 Å². The molecule has 2 N–H and O–H groups in total. The molecule has 0 aliphatic rings. The van der Waals surface area contributed by atoms with E-state index in [4.69, 9.17) is 4.74 Å². The average molecular weight is 209 g/mol. The lowest BCUT2D eigenvalue weighted by Gasteiger charge is -2.09. The molecule has 4 nitrogen and oxygen atoms in total. The van der Waals surface area contributed by atoms with Crippen molar-refractivity contribution in [2.45, 2.75) is 6.92 Å². The van der Waals surface area contributed by atoms with E-state index in [1.807, 2.05) is 0 Å². The minimum absolute atomic E-state index is 0.00282. The normalized spacial score (nSPS) is 10.1. The summed E-state index contributed by atoms with van der Waals surface area (Å²) in [4.78, 5) is 11.5. The van der Waals surface area contributed by atoms with E-state index in [1.54, 1.807) is 20.0 Å². The van der Waals surface area contributed by atoms with Crippen molar-refractivity contribution in [2.24, 2.45) is 0 Å². The third-order valence-electron chi connectivity index (χ3n) is 2.12. The van der Waals surface area contributed by atoms with Crippen molar-refractivity contribution in [3.05, 3.63) is 23.3 Å². The monoisotopic (exact) mass is 209 g/mol. The van der Waals surface area contributed by atoms with Crippen molar-refractivity contribution in [2.75, 3.05) is 20.7 Å². The van der Waals surface area contributed by atoms with Gasteiger partial charge in [-0.2, -0.15) is 0 Å². The van der Waals surface area contributed by atoms with E-state index >= 15 is 0 Å². The molecular formula is C11H15NO3. The second kappa shape index (κ2) is 4.79. The predicted molar refractivity (Wildman–Crippen MR) is 57.7 cm³/mol. The van der Waals surface area contributed by atoms with Gasteiger partial charge in [-0.15, -0.1) is 0 Å². The number of ketones is 1. The molecule has 82 valence electrons. The van der Waals surface area contributed by atoms with Crippen molar-refractivity contribution >= 4 is 5.78 Å². The van der Waals surface area contributed by atoms with E-state index in [2.05, 4.69) is 5.32 Å². The Morgan fingerprint density at radius 2 is 2.20 bits per heavy atom. The van der Waals surface area contributed by atoms with Crippen LogP contribution in [0.4, 0.5) is 0 Å². The molecular weight excluding hydrogens is 194 g/mol. The molecule has 1 rings (SSSR count). The molecule has 0 fully saturated rings. The van der Waals surface area contributed by atoms with Gasteiger partial charge in [0.15, 0.2) is 17.3 Å². The van der Waals surface area contributed by atoms with Crippen molar-refractivity contribution in [1.82, 2.24) is 5.32 Å². The van der Waals surface area contributed by atoms with Gasteiger partial charge < -0.3 is 15.2 Å². The van der Waals surface area contributed by atoms with Gasteiger partial charge in [-0.3, -0.25) is 4.79 Å². The highest BCUT2D eigenvalue weighted by molar-refractivity contribution is 5.98. The lowest BCUT2D eigenvalue weighted by molar-refractivity contribution is 0.0993. The summed E-state index contributed by atoms with van der Waals surface area (Å²) in [5.74, 6) is 0.353. The second-order valence-electron chi connectivity index (χ2n) is 3.30. The average Bonchev–Trinajstić information content (AvgIpc) is 2.17. The largest absolute Gasteiger partial charge is 0.504 e. The van der Waals surface area contributed by atoms with Crippen LogP contribution in [-0.2, 0) is 0 Å². The van der Waals surface area contributed by atoms with E-state index in [0.29, 0.717) is 11.3 Å². The zero-order valence-electron chi connectivity index (χ0n) is 9.13. The van der Waals surface area contributed by atoms with Gasteiger partial charge in [0.25, 0.3) is 0 Å². The van der Waals surface area contributed by atoms with Crippen LogP contribution in [0.2, 0.25) is 0 Å².